The Labute approximate surface area is 83.9 Å². The number of rotatable bonds is 4. The van der Waals surface area contributed by atoms with Crippen molar-refractivity contribution in [3.8, 4) is 5.75 Å². The van der Waals surface area contributed by atoms with Crippen LogP contribution >= 0.6 is 0 Å². The van der Waals surface area contributed by atoms with E-state index in [0.29, 0.717) is 5.75 Å². The molecule has 0 aliphatic heterocycles. The number of hydrogen-bond acceptors (Lipinski definition) is 1. The average Bonchev–Trinajstić information content (AvgIpc) is 2.09. The molecule has 0 aliphatic carbocycles. The van der Waals surface area contributed by atoms with Gasteiger partial charge in [0, 0.05) is 0 Å². The average molecular weight is 278 g/mol. The van der Waals surface area contributed by atoms with E-state index in [-0.39, 0.29) is 20.9 Å². The van der Waals surface area contributed by atoms with Crippen LogP contribution in [0.1, 0.15) is 19.8 Å². The summed E-state index contributed by atoms with van der Waals surface area (Å²) in [5.41, 5.74) is 0. The van der Waals surface area contributed by atoms with Gasteiger partial charge in [-0.05, 0) is 0 Å². The molecular formula is C10H14OTe. The van der Waals surface area contributed by atoms with Crippen molar-refractivity contribution in [3.63, 3.8) is 0 Å². The van der Waals surface area contributed by atoms with E-state index in [1.54, 1.807) is 12.1 Å². The van der Waals surface area contributed by atoms with Gasteiger partial charge in [0.05, 0.1) is 0 Å². The van der Waals surface area contributed by atoms with E-state index >= 15 is 0 Å². The van der Waals surface area contributed by atoms with Gasteiger partial charge in [0.15, 0.2) is 0 Å². The van der Waals surface area contributed by atoms with E-state index in [4.69, 9.17) is 5.11 Å². The summed E-state index contributed by atoms with van der Waals surface area (Å²) in [7, 11) is 0. The quantitative estimate of drug-likeness (QED) is 0.659. The van der Waals surface area contributed by atoms with Crippen LogP contribution in [0.15, 0.2) is 24.3 Å². The van der Waals surface area contributed by atoms with E-state index < -0.39 is 0 Å². The van der Waals surface area contributed by atoms with Gasteiger partial charge in [-0.2, -0.15) is 0 Å². The van der Waals surface area contributed by atoms with Crippen molar-refractivity contribution in [2.24, 2.45) is 0 Å². The third kappa shape index (κ3) is 3.47. The predicted octanol–water partition coefficient (Wildman–Crippen LogP) is 1.94. The molecule has 1 rings (SSSR count). The molecule has 0 fully saturated rings. The molecule has 0 saturated carbocycles. The van der Waals surface area contributed by atoms with Crippen molar-refractivity contribution in [3.05, 3.63) is 24.3 Å². The molecule has 0 aromatic heterocycles. The monoisotopic (exact) mass is 280 g/mol. The summed E-state index contributed by atoms with van der Waals surface area (Å²) in [6, 6.07) is 7.67. The van der Waals surface area contributed by atoms with Gasteiger partial charge < -0.3 is 0 Å². The fourth-order valence-electron chi connectivity index (χ4n) is 0.877. The van der Waals surface area contributed by atoms with Crippen molar-refractivity contribution >= 4 is 24.5 Å². The standard InChI is InChI=1S/C10H14OTe/c1-2-3-8-12-10-6-4-9(11)5-7-10/h4-7,11H,2-3,8H2,1H3. The van der Waals surface area contributed by atoms with Crippen molar-refractivity contribution in [2.45, 2.75) is 24.2 Å². The molecule has 0 atom stereocenters. The minimum atomic E-state index is 0.0262. The number of phenolic OH excluding ortho intramolecular Hbond substituents is 1. The van der Waals surface area contributed by atoms with E-state index in [1.165, 1.54) is 20.9 Å². The molecule has 0 aliphatic rings. The number of hydrogen-bond donors (Lipinski definition) is 1. The summed E-state index contributed by atoms with van der Waals surface area (Å²) in [5.74, 6) is 0.377. The summed E-state index contributed by atoms with van der Waals surface area (Å²) >= 11 is 0.0262. The second kappa shape index (κ2) is 5.45. The summed E-state index contributed by atoms with van der Waals surface area (Å²) in [6.45, 7) is 2.23. The molecule has 1 nitrogen and oxygen atoms in total. The molecule has 0 unspecified atom stereocenters. The van der Waals surface area contributed by atoms with Crippen LogP contribution in [0.25, 0.3) is 0 Å². The molecule has 2 heteroatoms. The van der Waals surface area contributed by atoms with Gasteiger partial charge >= 0.3 is 83.9 Å². The molecule has 12 heavy (non-hydrogen) atoms. The molecular weight excluding hydrogens is 264 g/mol. The van der Waals surface area contributed by atoms with Gasteiger partial charge in [-0.3, -0.25) is 0 Å². The van der Waals surface area contributed by atoms with E-state index in [9.17, 15) is 0 Å². The van der Waals surface area contributed by atoms with Crippen molar-refractivity contribution in [1.82, 2.24) is 0 Å². The number of aromatic hydroxyl groups is 1. The topological polar surface area (TPSA) is 20.2 Å². The van der Waals surface area contributed by atoms with Gasteiger partial charge in [0.25, 0.3) is 0 Å². The molecule has 1 N–H and O–H groups in total. The second-order valence-corrected chi connectivity index (χ2v) is 6.03. The Morgan fingerprint density at radius 2 is 1.92 bits per heavy atom. The Morgan fingerprint density at radius 3 is 2.50 bits per heavy atom. The zero-order chi connectivity index (χ0) is 8.81. The SMILES string of the molecule is CCCC[Te]c1ccc(O)cc1. The zero-order valence-corrected chi connectivity index (χ0v) is 9.62. The molecule has 1 aromatic rings. The first kappa shape index (κ1) is 9.89. The molecule has 0 heterocycles. The van der Waals surface area contributed by atoms with Crippen LogP contribution in [-0.2, 0) is 0 Å². The fourth-order valence-corrected chi connectivity index (χ4v) is 3.72. The molecule has 1 aromatic carbocycles. The zero-order valence-electron chi connectivity index (χ0n) is 7.29. The van der Waals surface area contributed by atoms with Gasteiger partial charge in [-0.25, -0.2) is 0 Å². The molecule has 0 saturated heterocycles. The Morgan fingerprint density at radius 1 is 1.25 bits per heavy atom. The van der Waals surface area contributed by atoms with E-state index in [2.05, 4.69) is 6.92 Å². The van der Waals surface area contributed by atoms with Crippen LogP contribution in [0.5, 0.6) is 5.75 Å². The number of phenols is 1. The number of unbranched alkanes of at least 4 members (excludes halogenated alkanes) is 1. The third-order valence-electron chi connectivity index (χ3n) is 1.60. The Bertz CT molecular complexity index is 218. The van der Waals surface area contributed by atoms with Crippen LogP contribution in [0, 0.1) is 0 Å². The predicted molar refractivity (Wildman–Crippen MR) is 53.2 cm³/mol. The first-order valence-electron chi connectivity index (χ1n) is 4.24. The molecule has 0 bridgehead atoms. The number of benzene rings is 1. The van der Waals surface area contributed by atoms with Crippen LogP contribution in [0.3, 0.4) is 0 Å². The Hall–Kier alpha value is -0.190. The molecule has 0 amide bonds. The van der Waals surface area contributed by atoms with E-state index in [0.717, 1.165) is 0 Å². The third-order valence-corrected chi connectivity index (χ3v) is 4.74. The van der Waals surface area contributed by atoms with Crippen LogP contribution in [-0.4, -0.2) is 26.0 Å². The maximum atomic E-state index is 9.04. The minimum absolute atomic E-state index is 0.0262. The van der Waals surface area contributed by atoms with Gasteiger partial charge in [-0.1, -0.05) is 0 Å². The molecule has 0 spiro atoms. The normalized spacial score (nSPS) is 10.1. The summed E-state index contributed by atoms with van der Waals surface area (Å²) in [4.78, 5) is 0. The van der Waals surface area contributed by atoms with Crippen LogP contribution < -0.4 is 3.61 Å². The Balaban J connectivity index is 2.37. The molecule has 0 radical (unpaired) electrons. The van der Waals surface area contributed by atoms with Crippen LogP contribution in [0.2, 0.25) is 4.47 Å². The first-order valence-corrected chi connectivity index (χ1v) is 7.06. The molecule has 66 valence electrons. The summed E-state index contributed by atoms with van der Waals surface area (Å²) < 4.78 is 2.83. The first-order chi connectivity index (χ1) is 5.83. The van der Waals surface area contributed by atoms with Crippen LogP contribution in [0.4, 0.5) is 0 Å². The van der Waals surface area contributed by atoms with Gasteiger partial charge in [-0.15, -0.1) is 0 Å². The maximum absolute atomic E-state index is 9.04. The van der Waals surface area contributed by atoms with Crippen molar-refractivity contribution < 1.29 is 5.11 Å². The van der Waals surface area contributed by atoms with Gasteiger partial charge in [0.2, 0.25) is 0 Å². The summed E-state index contributed by atoms with van der Waals surface area (Å²) in [5, 5.41) is 9.04. The van der Waals surface area contributed by atoms with Crippen molar-refractivity contribution in [2.75, 3.05) is 0 Å². The fraction of sp³-hybridized carbons (Fsp3) is 0.400. The second-order valence-electron chi connectivity index (χ2n) is 2.70. The Kier molecular flexibility index (Phi) is 4.50. The van der Waals surface area contributed by atoms with E-state index in [1.807, 2.05) is 12.1 Å². The van der Waals surface area contributed by atoms with Gasteiger partial charge in [0.1, 0.15) is 0 Å². The summed E-state index contributed by atoms with van der Waals surface area (Å²) in [6.07, 6.45) is 2.64. The van der Waals surface area contributed by atoms with Crippen molar-refractivity contribution in [1.29, 1.82) is 0 Å².